The molecule has 0 radical (unpaired) electrons. The topological polar surface area (TPSA) is 91.4 Å². The van der Waals surface area contributed by atoms with Gasteiger partial charge >= 0.3 is 0 Å². The van der Waals surface area contributed by atoms with Gasteiger partial charge in [-0.25, -0.2) is 18.1 Å². The molecule has 0 saturated carbocycles. The summed E-state index contributed by atoms with van der Waals surface area (Å²) in [6, 6.07) is 5.68. The van der Waals surface area contributed by atoms with Gasteiger partial charge in [0.05, 0.1) is 10.6 Å². The van der Waals surface area contributed by atoms with Gasteiger partial charge in [-0.2, -0.15) is 0 Å². The smallest absolute Gasteiger partial charge is 0.257 e. The summed E-state index contributed by atoms with van der Waals surface area (Å²) in [6.45, 7) is 6.52. The first kappa shape index (κ1) is 20.9. The van der Waals surface area contributed by atoms with Crippen LogP contribution < -0.4 is 10.0 Å². The number of rotatable bonds is 7. The highest BCUT2D eigenvalue weighted by Crippen LogP contribution is 2.20. The molecule has 1 aromatic carbocycles. The van der Waals surface area contributed by atoms with E-state index in [-0.39, 0.29) is 16.8 Å². The van der Waals surface area contributed by atoms with Crippen molar-refractivity contribution < 1.29 is 13.2 Å². The molecule has 1 fully saturated rings. The number of carbonyl (C=O) groups is 1. The second-order valence-corrected chi connectivity index (χ2v) is 9.81. The van der Waals surface area contributed by atoms with E-state index in [0.717, 1.165) is 25.3 Å². The van der Waals surface area contributed by atoms with Crippen molar-refractivity contribution in [1.29, 1.82) is 0 Å². The number of carbonyl (C=O) groups excluding carboxylic acids is 1. The van der Waals surface area contributed by atoms with E-state index < -0.39 is 10.0 Å². The van der Waals surface area contributed by atoms with Gasteiger partial charge in [0.1, 0.15) is 0 Å². The van der Waals surface area contributed by atoms with E-state index in [4.69, 9.17) is 0 Å². The number of thiazole rings is 1. The van der Waals surface area contributed by atoms with Crippen LogP contribution in [0.5, 0.6) is 0 Å². The monoisotopic (exact) mass is 422 g/mol. The Morgan fingerprint density at radius 3 is 2.50 bits per heavy atom. The number of amides is 1. The lowest BCUT2D eigenvalue weighted by molar-refractivity contribution is 0.102. The summed E-state index contributed by atoms with van der Waals surface area (Å²) >= 11 is 1.40. The predicted octanol–water partition coefficient (Wildman–Crippen LogP) is 3.07. The fourth-order valence-electron chi connectivity index (χ4n) is 3.12. The maximum absolute atomic E-state index is 12.4. The van der Waals surface area contributed by atoms with Gasteiger partial charge in [-0.05, 0) is 64.0 Å². The van der Waals surface area contributed by atoms with Crippen LogP contribution in [0, 0.1) is 0 Å². The number of hydrogen-bond acceptors (Lipinski definition) is 6. The van der Waals surface area contributed by atoms with Crippen LogP contribution in [-0.2, 0) is 16.6 Å². The molecule has 1 amide bonds. The standard InChI is InChI=1S/C19H26N4O3S2/c1-14(2)22-28(25,26)17-8-6-15(7-9-17)18(24)21-19-20-16(13-27-19)12-23-10-4-3-5-11-23/h6-9,13-14,22H,3-5,10-12H2,1-2H3,(H,20,21,24). The van der Waals surface area contributed by atoms with Gasteiger partial charge in [-0.1, -0.05) is 6.42 Å². The number of benzene rings is 1. The fourth-order valence-corrected chi connectivity index (χ4v) is 5.06. The Morgan fingerprint density at radius 2 is 1.86 bits per heavy atom. The molecule has 0 unspecified atom stereocenters. The van der Waals surface area contributed by atoms with Crippen LogP contribution in [0.25, 0.3) is 0 Å². The van der Waals surface area contributed by atoms with Crippen molar-refractivity contribution in [2.24, 2.45) is 0 Å². The zero-order chi connectivity index (χ0) is 20.1. The van der Waals surface area contributed by atoms with Crippen LogP contribution >= 0.6 is 11.3 Å². The Bertz CT molecular complexity index is 902. The highest BCUT2D eigenvalue weighted by Gasteiger charge is 2.17. The number of aromatic nitrogens is 1. The minimum Gasteiger partial charge on any atom is -0.298 e. The molecule has 3 rings (SSSR count). The van der Waals surface area contributed by atoms with E-state index in [2.05, 4.69) is 19.9 Å². The summed E-state index contributed by atoms with van der Waals surface area (Å²) in [4.78, 5) is 19.4. The minimum absolute atomic E-state index is 0.135. The van der Waals surface area contributed by atoms with Crippen molar-refractivity contribution >= 4 is 32.4 Å². The zero-order valence-electron chi connectivity index (χ0n) is 16.1. The number of sulfonamides is 1. The van der Waals surface area contributed by atoms with E-state index in [1.54, 1.807) is 13.8 Å². The van der Waals surface area contributed by atoms with Gasteiger partial charge in [-0.3, -0.25) is 15.0 Å². The summed E-state index contributed by atoms with van der Waals surface area (Å²) < 4.78 is 26.8. The van der Waals surface area contributed by atoms with Crippen LogP contribution in [0.3, 0.4) is 0 Å². The summed E-state index contributed by atoms with van der Waals surface area (Å²) in [5.74, 6) is -0.306. The van der Waals surface area contributed by atoms with Crippen LogP contribution in [-0.4, -0.2) is 43.3 Å². The van der Waals surface area contributed by atoms with Crippen LogP contribution in [0.1, 0.15) is 49.2 Å². The van der Waals surface area contributed by atoms with E-state index in [0.29, 0.717) is 10.7 Å². The number of hydrogen-bond donors (Lipinski definition) is 2. The van der Waals surface area contributed by atoms with Crippen molar-refractivity contribution in [3.63, 3.8) is 0 Å². The van der Waals surface area contributed by atoms with Crippen molar-refractivity contribution in [2.75, 3.05) is 18.4 Å². The minimum atomic E-state index is -3.57. The lowest BCUT2D eigenvalue weighted by Gasteiger charge is -2.25. The second-order valence-electron chi connectivity index (χ2n) is 7.24. The molecule has 7 nitrogen and oxygen atoms in total. The molecule has 0 aliphatic carbocycles. The van der Waals surface area contributed by atoms with Gasteiger partial charge in [0.15, 0.2) is 5.13 Å². The van der Waals surface area contributed by atoms with E-state index in [1.165, 1.54) is 54.9 Å². The van der Waals surface area contributed by atoms with Gasteiger partial charge in [-0.15, -0.1) is 11.3 Å². The second kappa shape index (κ2) is 9.13. The molecule has 0 spiro atoms. The number of nitrogens with one attached hydrogen (secondary N) is 2. The number of anilines is 1. The quantitative estimate of drug-likeness (QED) is 0.716. The average Bonchev–Trinajstić information content (AvgIpc) is 3.08. The molecule has 2 aromatic rings. The summed E-state index contributed by atoms with van der Waals surface area (Å²) in [5, 5.41) is 5.31. The summed E-state index contributed by atoms with van der Waals surface area (Å²) in [7, 11) is -3.57. The Morgan fingerprint density at radius 1 is 1.18 bits per heavy atom. The summed E-state index contributed by atoms with van der Waals surface area (Å²) in [6.07, 6.45) is 3.75. The first-order chi connectivity index (χ1) is 13.3. The molecular weight excluding hydrogens is 396 g/mol. The number of nitrogens with zero attached hydrogens (tertiary/aromatic N) is 2. The zero-order valence-corrected chi connectivity index (χ0v) is 17.8. The van der Waals surface area contributed by atoms with E-state index in [1.807, 2.05) is 5.38 Å². The van der Waals surface area contributed by atoms with Crippen molar-refractivity contribution in [2.45, 2.75) is 50.6 Å². The van der Waals surface area contributed by atoms with Crippen LogP contribution in [0.2, 0.25) is 0 Å². The fraction of sp³-hybridized carbons (Fsp3) is 0.474. The number of likely N-dealkylation sites (tertiary alicyclic amines) is 1. The largest absolute Gasteiger partial charge is 0.298 e. The molecule has 1 aromatic heterocycles. The van der Waals surface area contributed by atoms with Gasteiger partial charge in [0, 0.05) is 23.5 Å². The molecule has 9 heteroatoms. The maximum Gasteiger partial charge on any atom is 0.257 e. The highest BCUT2D eigenvalue weighted by atomic mass is 32.2. The first-order valence-electron chi connectivity index (χ1n) is 9.44. The lowest BCUT2D eigenvalue weighted by Crippen LogP contribution is -2.30. The normalized spacial score (nSPS) is 15.7. The molecule has 1 aliphatic heterocycles. The molecule has 152 valence electrons. The Labute approximate surface area is 170 Å². The molecule has 1 aliphatic rings. The predicted molar refractivity (Wildman–Crippen MR) is 111 cm³/mol. The Hall–Kier alpha value is -1.81. The third-order valence-corrected chi connectivity index (χ3v) is 6.91. The van der Waals surface area contributed by atoms with Crippen molar-refractivity contribution in [3.8, 4) is 0 Å². The van der Waals surface area contributed by atoms with Crippen LogP contribution in [0.15, 0.2) is 34.5 Å². The number of piperidine rings is 1. The van der Waals surface area contributed by atoms with Crippen molar-refractivity contribution in [3.05, 3.63) is 40.9 Å². The van der Waals surface area contributed by atoms with E-state index >= 15 is 0 Å². The third kappa shape index (κ3) is 5.60. The molecule has 0 bridgehead atoms. The van der Waals surface area contributed by atoms with Gasteiger partial charge < -0.3 is 0 Å². The maximum atomic E-state index is 12.4. The highest BCUT2D eigenvalue weighted by molar-refractivity contribution is 7.89. The van der Waals surface area contributed by atoms with Gasteiger partial charge in [0.25, 0.3) is 5.91 Å². The molecule has 0 atom stereocenters. The molecule has 2 heterocycles. The SMILES string of the molecule is CC(C)NS(=O)(=O)c1ccc(C(=O)Nc2nc(CN3CCCCC3)cs2)cc1. The molecular formula is C19H26N4O3S2. The molecule has 28 heavy (non-hydrogen) atoms. The molecule has 1 saturated heterocycles. The Kier molecular flexibility index (Phi) is 6.82. The first-order valence-corrected chi connectivity index (χ1v) is 11.8. The Balaban J connectivity index is 1.60. The third-order valence-electron chi connectivity index (χ3n) is 4.42. The van der Waals surface area contributed by atoms with Gasteiger partial charge in [0.2, 0.25) is 10.0 Å². The van der Waals surface area contributed by atoms with Crippen molar-refractivity contribution in [1.82, 2.24) is 14.6 Å². The molecule has 2 N–H and O–H groups in total. The lowest BCUT2D eigenvalue weighted by atomic mass is 10.1. The van der Waals surface area contributed by atoms with E-state index in [9.17, 15) is 13.2 Å². The van der Waals surface area contributed by atoms with Crippen LogP contribution in [0.4, 0.5) is 5.13 Å². The average molecular weight is 423 g/mol. The summed E-state index contributed by atoms with van der Waals surface area (Å²) in [5.41, 5.74) is 1.35.